The number of carbonyl (C=O) groups excluding carboxylic acids is 1. The van der Waals surface area contributed by atoms with E-state index in [1.165, 1.54) is 70.6 Å². The number of ether oxygens (including phenoxy) is 2. The van der Waals surface area contributed by atoms with E-state index >= 15 is 0 Å². The molecule has 47 heavy (non-hydrogen) atoms. The molecule has 0 fully saturated rings. The second-order valence-electron chi connectivity index (χ2n) is 12.4. The number of phosphoric ester groups is 1. The first kappa shape index (κ1) is 45.7. The van der Waals surface area contributed by atoms with Crippen LogP contribution in [0.2, 0.25) is 0 Å². The molecule has 0 heterocycles. The van der Waals surface area contributed by atoms with E-state index in [0.29, 0.717) is 13.0 Å². The normalized spacial score (nSPS) is 14.0. The van der Waals surface area contributed by atoms with Crippen molar-refractivity contribution in [2.75, 3.05) is 33.0 Å². The Hall–Kier alpha value is -1.28. The number of rotatable bonds is 36. The Balaban J connectivity index is 4.12. The van der Waals surface area contributed by atoms with E-state index in [1.807, 2.05) is 0 Å². The van der Waals surface area contributed by atoms with Crippen molar-refractivity contribution >= 4 is 13.8 Å². The molecule has 0 rings (SSSR count). The van der Waals surface area contributed by atoms with Gasteiger partial charge in [-0.2, -0.15) is 0 Å². The van der Waals surface area contributed by atoms with E-state index in [-0.39, 0.29) is 32.3 Å². The fourth-order valence-electron chi connectivity index (χ4n) is 5.07. The molecule has 0 aromatic heterocycles. The van der Waals surface area contributed by atoms with Crippen molar-refractivity contribution in [1.29, 1.82) is 0 Å². The first-order chi connectivity index (χ1) is 22.9. The third kappa shape index (κ3) is 35.8. The second-order valence-corrected chi connectivity index (χ2v) is 13.9. The van der Waals surface area contributed by atoms with Crippen molar-refractivity contribution in [3.8, 4) is 0 Å². The van der Waals surface area contributed by atoms with Crippen LogP contribution < -0.4 is 5.73 Å². The lowest BCUT2D eigenvalue weighted by Crippen LogP contribution is -2.28. The molecule has 2 atom stereocenters. The van der Waals surface area contributed by atoms with Gasteiger partial charge in [-0.1, -0.05) is 147 Å². The number of allylic oxidation sites excluding steroid dienone is 6. The zero-order valence-electron chi connectivity index (χ0n) is 30.3. The summed E-state index contributed by atoms with van der Waals surface area (Å²) in [4.78, 5) is 22.4. The largest absolute Gasteiger partial charge is 0.472 e. The molecule has 3 N–H and O–H groups in total. The summed E-state index contributed by atoms with van der Waals surface area (Å²) in [6.45, 7) is 4.79. The minimum absolute atomic E-state index is 0.0975. The number of hydrogen-bond donors (Lipinski definition) is 2. The number of phosphoric acid groups is 1. The van der Waals surface area contributed by atoms with Crippen molar-refractivity contribution in [3.05, 3.63) is 36.5 Å². The first-order valence-corrected chi connectivity index (χ1v) is 20.5. The molecular weight excluding hydrogens is 613 g/mol. The Labute approximate surface area is 288 Å². The smallest absolute Gasteiger partial charge is 0.457 e. The fourth-order valence-corrected chi connectivity index (χ4v) is 5.83. The van der Waals surface area contributed by atoms with Crippen molar-refractivity contribution in [2.24, 2.45) is 5.73 Å². The number of carbonyl (C=O) groups is 1. The molecule has 0 spiro atoms. The van der Waals surface area contributed by atoms with E-state index in [9.17, 15) is 14.3 Å². The summed E-state index contributed by atoms with van der Waals surface area (Å²) < 4.78 is 33.3. The quantitative estimate of drug-likeness (QED) is 0.0290. The Bertz CT molecular complexity index is 818. The van der Waals surface area contributed by atoms with Gasteiger partial charge < -0.3 is 20.1 Å². The molecule has 0 radical (unpaired) electrons. The van der Waals surface area contributed by atoms with E-state index in [1.54, 1.807) is 0 Å². The van der Waals surface area contributed by atoms with E-state index in [2.05, 4.69) is 50.3 Å². The maximum Gasteiger partial charge on any atom is 0.472 e. The van der Waals surface area contributed by atoms with Crippen molar-refractivity contribution in [2.45, 2.75) is 168 Å². The van der Waals surface area contributed by atoms with Gasteiger partial charge >= 0.3 is 13.8 Å². The van der Waals surface area contributed by atoms with Gasteiger partial charge in [-0.15, -0.1) is 0 Å². The predicted molar refractivity (Wildman–Crippen MR) is 196 cm³/mol. The van der Waals surface area contributed by atoms with Gasteiger partial charge in [0.25, 0.3) is 0 Å². The Morgan fingerprint density at radius 1 is 0.660 bits per heavy atom. The van der Waals surface area contributed by atoms with E-state index < -0.39 is 13.9 Å². The average Bonchev–Trinajstić information content (AvgIpc) is 3.06. The van der Waals surface area contributed by atoms with Crippen LogP contribution >= 0.6 is 7.82 Å². The third-order valence-electron chi connectivity index (χ3n) is 7.82. The summed E-state index contributed by atoms with van der Waals surface area (Å²) in [7, 11) is -4.27. The molecule has 0 aromatic carbocycles. The van der Waals surface area contributed by atoms with Gasteiger partial charge in [0.2, 0.25) is 0 Å². The Morgan fingerprint density at radius 2 is 1.19 bits per heavy atom. The van der Waals surface area contributed by atoms with Gasteiger partial charge in [0, 0.05) is 19.6 Å². The highest BCUT2D eigenvalue weighted by Crippen LogP contribution is 2.43. The molecule has 0 bridgehead atoms. The highest BCUT2D eigenvalue weighted by Gasteiger charge is 2.25. The number of hydrogen-bond acceptors (Lipinski definition) is 7. The summed E-state index contributed by atoms with van der Waals surface area (Å²) in [6, 6.07) is 0. The first-order valence-electron chi connectivity index (χ1n) is 19.0. The monoisotopic (exact) mass is 686 g/mol. The molecular formula is C38H72NO7P. The summed E-state index contributed by atoms with van der Waals surface area (Å²) in [5.74, 6) is -0.347. The number of unbranched alkanes of at least 4 members (excludes halogenated alkanes) is 17. The molecule has 276 valence electrons. The lowest BCUT2D eigenvalue weighted by molar-refractivity contribution is -0.154. The van der Waals surface area contributed by atoms with Crippen LogP contribution in [0.25, 0.3) is 0 Å². The van der Waals surface area contributed by atoms with Gasteiger partial charge in [-0.25, -0.2) is 4.57 Å². The van der Waals surface area contributed by atoms with Crippen LogP contribution in [0, 0.1) is 0 Å². The number of esters is 1. The second kappa shape index (κ2) is 36.0. The molecule has 0 aliphatic heterocycles. The molecule has 8 nitrogen and oxygen atoms in total. The SMILES string of the molecule is CC/C=C\C/C=C\C/C=C\CCCCCCCC(=O)OC(COCCCCCCCCCCCCCCC)COP(=O)(O)OCCN. The summed E-state index contributed by atoms with van der Waals surface area (Å²) in [5, 5.41) is 0. The van der Waals surface area contributed by atoms with Gasteiger partial charge in [0.05, 0.1) is 19.8 Å². The van der Waals surface area contributed by atoms with Crippen LogP contribution in [0.3, 0.4) is 0 Å². The van der Waals surface area contributed by atoms with E-state index in [0.717, 1.165) is 70.6 Å². The Morgan fingerprint density at radius 3 is 1.79 bits per heavy atom. The molecule has 2 unspecified atom stereocenters. The molecule has 0 saturated carbocycles. The topological polar surface area (TPSA) is 117 Å². The summed E-state index contributed by atoms with van der Waals surface area (Å²) in [5.41, 5.74) is 5.35. The van der Waals surface area contributed by atoms with Crippen LogP contribution in [0.15, 0.2) is 36.5 Å². The van der Waals surface area contributed by atoms with Crippen LogP contribution in [0.4, 0.5) is 0 Å². The Kier molecular flexibility index (Phi) is 35.0. The van der Waals surface area contributed by atoms with Crippen LogP contribution in [0.1, 0.15) is 162 Å². The van der Waals surface area contributed by atoms with Crippen LogP contribution in [-0.4, -0.2) is 49.9 Å². The maximum absolute atomic E-state index is 12.5. The highest BCUT2D eigenvalue weighted by atomic mass is 31.2. The fraction of sp³-hybridized carbons (Fsp3) is 0.816. The standard InChI is InChI=1S/C38H72NO7P/c1-3-5-7-9-11-13-15-17-18-19-21-23-25-27-29-31-38(40)46-37(36-45-47(41,42)44-34-32-39)35-43-33-30-28-26-24-22-20-16-14-12-10-8-6-4-2/h5,7,11,13,17-18,37H,3-4,6,8-10,12,14-16,19-36,39H2,1-2H3,(H,41,42)/b7-5-,13-11-,18-17-. The third-order valence-corrected chi connectivity index (χ3v) is 8.81. The predicted octanol–water partition coefficient (Wildman–Crippen LogP) is 10.7. The van der Waals surface area contributed by atoms with Crippen molar-refractivity contribution in [1.82, 2.24) is 0 Å². The van der Waals surface area contributed by atoms with Crippen molar-refractivity contribution < 1.29 is 32.8 Å². The lowest BCUT2D eigenvalue weighted by Gasteiger charge is -2.20. The van der Waals surface area contributed by atoms with Gasteiger partial charge in [0.15, 0.2) is 0 Å². The number of nitrogens with two attached hydrogens (primary N) is 1. The minimum Gasteiger partial charge on any atom is -0.457 e. The van der Waals surface area contributed by atoms with Crippen molar-refractivity contribution in [3.63, 3.8) is 0 Å². The van der Waals surface area contributed by atoms with E-state index in [4.69, 9.17) is 24.3 Å². The van der Waals surface area contributed by atoms with Gasteiger partial charge in [0.1, 0.15) is 6.10 Å². The minimum atomic E-state index is -4.27. The molecule has 0 saturated heterocycles. The summed E-state index contributed by atoms with van der Waals surface area (Å²) in [6.07, 6.45) is 38.7. The van der Waals surface area contributed by atoms with Gasteiger partial charge in [-0.3, -0.25) is 13.8 Å². The molecule has 0 aromatic rings. The summed E-state index contributed by atoms with van der Waals surface area (Å²) >= 11 is 0. The van der Waals surface area contributed by atoms with Gasteiger partial charge in [-0.05, 0) is 44.9 Å². The molecule has 0 amide bonds. The highest BCUT2D eigenvalue weighted by molar-refractivity contribution is 7.47. The van der Waals surface area contributed by atoms with Crippen LogP contribution in [0.5, 0.6) is 0 Å². The van der Waals surface area contributed by atoms with Crippen LogP contribution in [-0.2, 0) is 27.9 Å². The average molecular weight is 686 g/mol. The maximum atomic E-state index is 12.5. The zero-order chi connectivity index (χ0) is 34.5. The molecule has 0 aliphatic rings. The lowest BCUT2D eigenvalue weighted by atomic mass is 10.0. The zero-order valence-corrected chi connectivity index (χ0v) is 31.2. The molecule has 9 heteroatoms. The molecule has 0 aliphatic carbocycles.